The molecule has 0 bridgehead atoms. The van der Waals surface area contributed by atoms with Gasteiger partial charge >= 0.3 is 5.97 Å². The molecule has 1 N–H and O–H groups in total. The first-order valence-electron chi connectivity index (χ1n) is 7.65. The molecular formula is C17H26O3S. The van der Waals surface area contributed by atoms with Crippen molar-refractivity contribution in [2.45, 2.75) is 57.5 Å². The number of aryl methyl sites for hydroxylation is 2. The van der Waals surface area contributed by atoms with Crippen molar-refractivity contribution < 1.29 is 14.6 Å². The Morgan fingerprint density at radius 2 is 2.10 bits per heavy atom. The van der Waals surface area contributed by atoms with Gasteiger partial charge in [-0.1, -0.05) is 13.0 Å². The third-order valence-corrected chi connectivity index (χ3v) is 4.29. The van der Waals surface area contributed by atoms with E-state index in [0.29, 0.717) is 13.0 Å². The summed E-state index contributed by atoms with van der Waals surface area (Å²) in [4.78, 5) is 12.7. The molecule has 0 aromatic heterocycles. The zero-order valence-corrected chi connectivity index (χ0v) is 14.0. The molecule has 1 atom stereocenters. The fraction of sp³-hybridized carbons (Fsp3) is 0.588. The molecule has 0 aliphatic carbocycles. The van der Waals surface area contributed by atoms with Gasteiger partial charge in [-0.15, -0.1) is 11.8 Å². The van der Waals surface area contributed by atoms with Gasteiger partial charge in [0.2, 0.25) is 0 Å². The average molecular weight is 310 g/mol. The highest BCUT2D eigenvalue weighted by Gasteiger charge is 2.07. The number of aliphatic hydroxyl groups is 1. The highest BCUT2D eigenvalue weighted by molar-refractivity contribution is 7.99. The highest BCUT2D eigenvalue weighted by atomic mass is 32.2. The molecule has 0 heterocycles. The van der Waals surface area contributed by atoms with Gasteiger partial charge in [-0.2, -0.15) is 0 Å². The van der Waals surface area contributed by atoms with Crippen LogP contribution in [0, 0.1) is 0 Å². The number of thioether (sulfide) groups is 1. The first kappa shape index (κ1) is 18.1. The number of carbonyl (C=O) groups excluding carboxylic acids is 1. The fourth-order valence-corrected chi connectivity index (χ4v) is 3.17. The van der Waals surface area contributed by atoms with Crippen molar-refractivity contribution in [2.24, 2.45) is 0 Å². The lowest BCUT2D eigenvalue weighted by Gasteiger charge is -2.11. The lowest BCUT2D eigenvalue weighted by Crippen LogP contribution is -2.06. The maximum absolute atomic E-state index is 11.4. The zero-order valence-electron chi connectivity index (χ0n) is 13.2. The molecule has 1 rings (SSSR count). The summed E-state index contributed by atoms with van der Waals surface area (Å²) in [5.74, 6) is 0.790. The summed E-state index contributed by atoms with van der Waals surface area (Å²) in [6.45, 7) is 6.22. The van der Waals surface area contributed by atoms with E-state index in [-0.39, 0.29) is 12.1 Å². The third kappa shape index (κ3) is 7.00. The number of hydrogen-bond acceptors (Lipinski definition) is 4. The molecule has 0 spiro atoms. The second-order valence-electron chi connectivity index (χ2n) is 5.08. The van der Waals surface area contributed by atoms with Crippen molar-refractivity contribution in [3.63, 3.8) is 0 Å². The van der Waals surface area contributed by atoms with Crippen molar-refractivity contribution in [1.29, 1.82) is 0 Å². The number of esters is 1. The molecule has 1 aromatic carbocycles. The van der Waals surface area contributed by atoms with Crippen LogP contribution in [-0.4, -0.2) is 29.5 Å². The van der Waals surface area contributed by atoms with Crippen LogP contribution in [0.2, 0.25) is 0 Å². The number of rotatable bonds is 9. The molecule has 1 aromatic rings. The number of aliphatic hydroxyl groups excluding tert-OH is 1. The van der Waals surface area contributed by atoms with Crippen LogP contribution >= 0.6 is 11.8 Å². The van der Waals surface area contributed by atoms with Crippen LogP contribution in [0.3, 0.4) is 0 Å². The second kappa shape index (κ2) is 9.85. The van der Waals surface area contributed by atoms with E-state index >= 15 is 0 Å². The van der Waals surface area contributed by atoms with Gasteiger partial charge < -0.3 is 9.84 Å². The van der Waals surface area contributed by atoms with Crippen molar-refractivity contribution in [1.82, 2.24) is 0 Å². The molecule has 3 nitrogen and oxygen atoms in total. The van der Waals surface area contributed by atoms with E-state index in [4.69, 9.17) is 4.74 Å². The van der Waals surface area contributed by atoms with Gasteiger partial charge in [0.25, 0.3) is 0 Å². The maximum Gasteiger partial charge on any atom is 0.306 e. The molecule has 0 aliphatic heterocycles. The van der Waals surface area contributed by atoms with Crippen LogP contribution in [0.5, 0.6) is 0 Å². The maximum atomic E-state index is 11.4. The van der Waals surface area contributed by atoms with Crippen LogP contribution in [0.1, 0.15) is 44.7 Å². The van der Waals surface area contributed by atoms with Gasteiger partial charge in [-0.05, 0) is 56.4 Å². The van der Waals surface area contributed by atoms with Crippen LogP contribution in [-0.2, 0) is 22.4 Å². The molecule has 0 fully saturated rings. The Kier molecular flexibility index (Phi) is 8.47. The Hall–Kier alpha value is -1.00. The van der Waals surface area contributed by atoms with Crippen LogP contribution in [0.15, 0.2) is 23.1 Å². The molecule has 118 valence electrons. The topological polar surface area (TPSA) is 46.5 Å². The van der Waals surface area contributed by atoms with Crippen LogP contribution in [0.4, 0.5) is 0 Å². The molecule has 0 radical (unpaired) electrons. The van der Waals surface area contributed by atoms with E-state index in [9.17, 15) is 9.90 Å². The van der Waals surface area contributed by atoms with Crippen LogP contribution < -0.4 is 0 Å². The first-order valence-corrected chi connectivity index (χ1v) is 8.63. The van der Waals surface area contributed by atoms with Crippen molar-refractivity contribution >= 4 is 17.7 Å². The van der Waals surface area contributed by atoms with E-state index in [0.717, 1.165) is 25.0 Å². The molecule has 0 unspecified atom stereocenters. The number of carbonyl (C=O) groups is 1. The minimum atomic E-state index is -0.244. The summed E-state index contributed by atoms with van der Waals surface area (Å²) in [7, 11) is 0. The molecule has 21 heavy (non-hydrogen) atoms. The van der Waals surface area contributed by atoms with Gasteiger partial charge in [0.15, 0.2) is 0 Å². The highest BCUT2D eigenvalue weighted by Crippen LogP contribution is 2.24. The quantitative estimate of drug-likeness (QED) is 0.559. The lowest BCUT2D eigenvalue weighted by atomic mass is 10.0. The summed E-state index contributed by atoms with van der Waals surface area (Å²) in [5, 5.41) is 9.28. The van der Waals surface area contributed by atoms with Gasteiger partial charge in [0.1, 0.15) is 0 Å². The lowest BCUT2D eigenvalue weighted by molar-refractivity contribution is -0.143. The minimum Gasteiger partial charge on any atom is -0.466 e. The molecule has 0 aliphatic rings. The largest absolute Gasteiger partial charge is 0.466 e. The summed E-state index contributed by atoms with van der Waals surface area (Å²) >= 11 is 1.77. The first-order chi connectivity index (χ1) is 10.1. The van der Waals surface area contributed by atoms with Crippen molar-refractivity contribution in [3.8, 4) is 0 Å². The third-order valence-electron chi connectivity index (χ3n) is 3.27. The van der Waals surface area contributed by atoms with E-state index < -0.39 is 0 Å². The Bertz CT molecular complexity index is 444. The Morgan fingerprint density at radius 1 is 1.33 bits per heavy atom. The smallest absolute Gasteiger partial charge is 0.306 e. The molecular weight excluding hydrogens is 284 g/mol. The average Bonchev–Trinajstić information content (AvgIpc) is 2.45. The minimum absolute atomic E-state index is 0.130. The Morgan fingerprint density at radius 3 is 2.71 bits per heavy atom. The normalized spacial score (nSPS) is 12.2. The molecule has 4 heteroatoms. The zero-order chi connectivity index (χ0) is 15.7. The second-order valence-corrected chi connectivity index (χ2v) is 6.24. The van der Waals surface area contributed by atoms with Crippen molar-refractivity contribution in [3.05, 3.63) is 29.3 Å². The predicted octanol–water partition coefficient (Wildman–Crippen LogP) is 3.61. The monoisotopic (exact) mass is 310 g/mol. The standard InChI is InChI=1S/C17H26O3S/c1-4-14-12-16(21-11-10-13(3)18)8-6-15(14)7-9-17(19)20-5-2/h6,8,12-13,18H,4-5,7,9-11H2,1-3H3/t13-/m0/s1. The van der Waals surface area contributed by atoms with Gasteiger partial charge in [0, 0.05) is 17.1 Å². The van der Waals surface area contributed by atoms with Gasteiger partial charge in [-0.25, -0.2) is 0 Å². The predicted molar refractivity (Wildman–Crippen MR) is 87.8 cm³/mol. The van der Waals surface area contributed by atoms with E-state index in [1.807, 2.05) is 13.8 Å². The molecule has 0 saturated heterocycles. The van der Waals surface area contributed by atoms with Gasteiger partial charge in [-0.3, -0.25) is 4.79 Å². The summed E-state index contributed by atoms with van der Waals surface area (Å²) in [6.07, 6.45) is 2.70. The summed E-state index contributed by atoms with van der Waals surface area (Å²) in [5.41, 5.74) is 2.52. The van der Waals surface area contributed by atoms with Crippen molar-refractivity contribution in [2.75, 3.05) is 12.4 Å². The molecule has 0 saturated carbocycles. The SMILES string of the molecule is CCOC(=O)CCc1ccc(SCC[C@H](C)O)cc1CC. The van der Waals surface area contributed by atoms with E-state index in [1.54, 1.807) is 11.8 Å². The van der Waals surface area contributed by atoms with Gasteiger partial charge in [0.05, 0.1) is 12.7 Å². The molecule has 0 amide bonds. The Labute approximate surface area is 132 Å². The number of hydrogen-bond donors (Lipinski definition) is 1. The van der Waals surface area contributed by atoms with Crippen LogP contribution in [0.25, 0.3) is 0 Å². The number of benzene rings is 1. The summed E-state index contributed by atoms with van der Waals surface area (Å²) in [6, 6.07) is 6.42. The Balaban J connectivity index is 2.59. The fourth-order valence-electron chi connectivity index (χ4n) is 2.08. The van der Waals surface area contributed by atoms with E-state index in [1.165, 1.54) is 16.0 Å². The number of ether oxygens (including phenoxy) is 1. The summed E-state index contributed by atoms with van der Waals surface area (Å²) < 4.78 is 4.97. The van der Waals surface area contributed by atoms with E-state index in [2.05, 4.69) is 25.1 Å².